The van der Waals surface area contributed by atoms with Gasteiger partial charge < -0.3 is 20.9 Å². The third-order valence-electron chi connectivity index (χ3n) is 2.82. The van der Waals surface area contributed by atoms with Gasteiger partial charge in [0.15, 0.2) is 0 Å². The van der Waals surface area contributed by atoms with Crippen molar-refractivity contribution < 1.29 is 9.84 Å². The minimum absolute atomic E-state index is 0.0395. The highest BCUT2D eigenvalue weighted by Crippen LogP contribution is 2.12. The van der Waals surface area contributed by atoms with E-state index >= 15 is 0 Å². The van der Waals surface area contributed by atoms with Crippen molar-refractivity contribution in [3.05, 3.63) is 20.8 Å². The first-order valence-corrected chi connectivity index (χ1v) is 6.04. The lowest BCUT2D eigenvalue weighted by molar-refractivity contribution is 0.186. The number of methoxy groups -OCH3 is 1. The van der Waals surface area contributed by atoms with E-state index in [4.69, 9.17) is 15.6 Å². The van der Waals surface area contributed by atoms with Crippen LogP contribution < -0.4 is 22.3 Å². The highest BCUT2D eigenvalue weighted by Gasteiger charge is 2.15. The Bertz CT molecular complexity index is 518. The lowest BCUT2D eigenvalue weighted by Gasteiger charge is -2.18. The molecule has 0 aliphatic heterocycles. The number of nitrogens with two attached hydrogens (primary N) is 1. The van der Waals surface area contributed by atoms with E-state index in [1.165, 1.54) is 11.7 Å². The number of ether oxygens (including phenoxy) is 1. The Morgan fingerprint density at radius 1 is 1.53 bits per heavy atom. The number of aromatic amines is 1. The summed E-state index contributed by atoms with van der Waals surface area (Å²) < 4.78 is 6.10. The number of nitrogens with one attached hydrogen (secondary N) is 2. The molecule has 1 atom stereocenters. The van der Waals surface area contributed by atoms with E-state index in [1.807, 2.05) is 6.92 Å². The van der Waals surface area contributed by atoms with Gasteiger partial charge in [-0.05, 0) is 6.42 Å². The van der Waals surface area contributed by atoms with Gasteiger partial charge in [-0.15, -0.1) is 0 Å². The van der Waals surface area contributed by atoms with Gasteiger partial charge >= 0.3 is 5.69 Å². The zero-order chi connectivity index (χ0) is 14.4. The van der Waals surface area contributed by atoms with Crippen molar-refractivity contribution >= 4 is 11.5 Å². The fraction of sp³-hybridized carbons (Fsp3) is 0.636. The second-order valence-corrected chi connectivity index (χ2v) is 4.10. The number of nitrogen functional groups attached to an aromatic ring is 1. The molecule has 0 saturated carbocycles. The van der Waals surface area contributed by atoms with Crippen LogP contribution in [0.2, 0.25) is 0 Å². The largest absolute Gasteiger partial charge is 0.394 e. The summed E-state index contributed by atoms with van der Waals surface area (Å²) in [5, 5.41) is 12.0. The Balaban J connectivity index is 3.17. The zero-order valence-corrected chi connectivity index (χ0v) is 11.1. The molecule has 0 aromatic carbocycles. The van der Waals surface area contributed by atoms with Gasteiger partial charge in [0, 0.05) is 13.2 Å². The first kappa shape index (κ1) is 15.3. The second kappa shape index (κ2) is 6.95. The molecule has 0 fully saturated rings. The molecule has 0 aliphatic carbocycles. The standard InChI is InChI=1S/C11H20N4O4/c1-3-7(6-16)13-8-9(12)15(4-5-19-2)11(18)14-10(8)17/h7,13,16H,3-6,12H2,1-2H3,(H,14,17,18). The maximum Gasteiger partial charge on any atom is 0.330 e. The molecule has 1 aromatic heterocycles. The third kappa shape index (κ3) is 3.58. The van der Waals surface area contributed by atoms with Gasteiger partial charge in [-0.2, -0.15) is 0 Å². The second-order valence-electron chi connectivity index (χ2n) is 4.10. The van der Waals surface area contributed by atoms with Crippen LogP contribution in [0, 0.1) is 0 Å². The summed E-state index contributed by atoms with van der Waals surface area (Å²) in [6.07, 6.45) is 0.618. The van der Waals surface area contributed by atoms with Crippen LogP contribution in [0.1, 0.15) is 13.3 Å². The average molecular weight is 272 g/mol. The molecular formula is C11H20N4O4. The number of hydrogen-bond donors (Lipinski definition) is 4. The molecule has 0 amide bonds. The fourth-order valence-electron chi connectivity index (χ4n) is 1.61. The van der Waals surface area contributed by atoms with Crippen LogP contribution in [0.15, 0.2) is 9.59 Å². The Hall–Kier alpha value is -1.80. The fourth-order valence-corrected chi connectivity index (χ4v) is 1.61. The first-order chi connectivity index (χ1) is 9.04. The first-order valence-electron chi connectivity index (χ1n) is 6.04. The van der Waals surface area contributed by atoms with E-state index in [1.54, 1.807) is 0 Å². The van der Waals surface area contributed by atoms with Gasteiger partial charge in [-0.3, -0.25) is 14.3 Å². The Kier molecular flexibility index (Phi) is 5.58. The van der Waals surface area contributed by atoms with Crippen LogP contribution in [-0.4, -0.2) is 41.0 Å². The molecule has 8 nitrogen and oxygen atoms in total. The van der Waals surface area contributed by atoms with Gasteiger partial charge in [-0.1, -0.05) is 6.92 Å². The van der Waals surface area contributed by atoms with Gasteiger partial charge in [-0.25, -0.2) is 4.79 Å². The molecule has 0 aliphatic rings. The number of hydrogen-bond acceptors (Lipinski definition) is 6. The number of rotatable bonds is 7. The predicted octanol–water partition coefficient (Wildman–Crippen LogP) is -1.05. The summed E-state index contributed by atoms with van der Waals surface area (Å²) in [6.45, 7) is 2.27. The van der Waals surface area contributed by atoms with Gasteiger partial charge in [0.25, 0.3) is 5.56 Å². The maximum absolute atomic E-state index is 11.7. The summed E-state index contributed by atoms with van der Waals surface area (Å²) in [5.41, 5.74) is 4.75. The van der Waals surface area contributed by atoms with Crippen molar-refractivity contribution in [1.82, 2.24) is 9.55 Å². The molecule has 0 bridgehead atoms. The van der Waals surface area contributed by atoms with Crippen molar-refractivity contribution in [3.8, 4) is 0 Å². The van der Waals surface area contributed by atoms with E-state index in [0.29, 0.717) is 13.0 Å². The van der Waals surface area contributed by atoms with Crippen molar-refractivity contribution in [2.24, 2.45) is 0 Å². The maximum atomic E-state index is 11.7. The van der Waals surface area contributed by atoms with E-state index in [0.717, 1.165) is 0 Å². The number of anilines is 2. The molecule has 108 valence electrons. The summed E-state index contributed by atoms with van der Waals surface area (Å²) in [6, 6.07) is -0.295. The molecule has 0 saturated heterocycles. The zero-order valence-electron chi connectivity index (χ0n) is 11.1. The Morgan fingerprint density at radius 2 is 2.21 bits per heavy atom. The van der Waals surface area contributed by atoms with Crippen LogP contribution >= 0.6 is 0 Å². The average Bonchev–Trinajstić information content (AvgIpc) is 2.38. The van der Waals surface area contributed by atoms with E-state index in [2.05, 4.69) is 10.3 Å². The molecule has 0 spiro atoms. The lowest BCUT2D eigenvalue weighted by Crippen LogP contribution is -2.37. The number of aliphatic hydroxyl groups is 1. The minimum atomic E-state index is -0.594. The number of aromatic nitrogens is 2. The van der Waals surface area contributed by atoms with Crippen LogP contribution in [0.25, 0.3) is 0 Å². The number of nitrogens with zero attached hydrogens (tertiary/aromatic N) is 1. The van der Waals surface area contributed by atoms with E-state index < -0.39 is 11.2 Å². The Morgan fingerprint density at radius 3 is 2.74 bits per heavy atom. The minimum Gasteiger partial charge on any atom is -0.394 e. The normalized spacial score (nSPS) is 12.4. The van der Waals surface area contributed by atoms with E-state index in [-0.39, 0.29) is 30.7 Å². The molecule has 1 aromatic rings. The summed E-state index contributed by atoms with van der Waals surface area (Å²) in [5.74, 6) is 0.0395. The topological polar surface area (TPSA) is 122 Å². The van der Waals surface area contributed by atoms with Crippen LogP contribution in [0.4, 0.5) is 11.5 Å². The molecule has 0 radical (unpaired) electrons. The third-order valence-corrected chi connectivity index (χ3v) is 2.82. The number of H-pyrrole nitrogens is 1. The number of aliphatic hydroxyl groups excluding tert-OH is 1. The molecule has 5 N–H and O–H groups in total. The highest BCUT2D eigenvalue weighted by atomic mass is 16.5. The summed E-state index contributed by atoms with van der Waals surface area (Å²) in [4.78, 5) is 25.6. The van der Waals surface area contributed by atoms with E-state index in [9.17, 15) is 9.59 Å². The quantitative estimate of drug-likeness (QED) is 0.502. The molecule has 1 unspecified atom stereocenters. The van der Waals surface area contributed by atoms with Crippen molar-refractivity contribution in [3.63, 3.8) is 0 Å². The molecule has 1 rings (SSSR count). The molecular weight excluding hydrogens is 252 g/mol. The summed E-state index contributed by atoms with van der Waals surface area (Å²) >= 11 is 0. The van der Waals surface area contributed by atoms with Crippen LogP contribution in [-0.2, 0) is 11.3 Å². The summed E-state index contributed by atoms with van der Waals surface area (Å²) in [7, 11) is 1.50. The van der Waals surface area contributed by atoms with Crippen molar-refractivity contribution in [1.29, 1.82) is 0 Å². The van der Waals surface area contributed by atoms with Crippen LogP contribution in [0.5, 0.6) is 0 Å². The Labute approximate surface area is 110 Å². The lowest BCUT2D eigenvalue weighted by atomic mass is 10.2. The van der Waals surface area contributed by atoms with Crippen molar-refractivity contribution in [2.75, 3.05) is 31.4 Å². The predicted molar refractivity (Wildman–Crippen MR) is 72.4 cm³/mol. The van der Waals surface area contributed by atoms with Gasteiger partial charge in [0.05, 0.1) is 19.8 Å². The van der Waals surface area contributed by atoms with Gasteiger partial charge in [0.2, 0.25) is 0 Å². The van der Waals surface area contributed by atoms with Crippen LogP contribution in [0.3, 0.4) is 0 Å². The SMILES string of the molecule is CCC(CO)Nc1c(N)n(CCOC)c(=O)[nH]c1=O. The molecule has 19 heavy (non-hydrogen) atoms. The molecule has 8 heteroatoms. The smallest absolute Gasteiger partial charge is 0.330 e. The highest BCUT2D eigenvalue weighted by molar-refractivity contribution is 5.60. The monoisotopic (exact) mass is 272 g/mol. The van der Waals surface area contributed by atoms with Gasteiger partial charge in [0.1, 0.15) is 11.5 Å². The van der Waals surface area contributed by atoms with Crippen molar-refractivity contribution in [2.45, 2.75) is 25.9 Å². The molecule has 1 heterocycles.